The lowest BCUT2D eigenvalue weighted by Gasteiger charge is -2.17. The second-order valence-corrected chi connectivity index (χ2v) is 4.72. The third kappa shape index (κ3) is 2.58. The molecule has 0 amide bonds. The van der Waals surface area contributed by atoms with Crippen LogP contribution >= 0.6 is 0 Å². The molecule has 0 radical (unpaired) electrons. The van der Waals surface area contributed by atoms with Crippen molar-refractivity contribution in [1.82, 2.24) is 9.97 Å². The van der Waals surface area contributed by atoms with Gasteiger partial charge in [-0.05, 0) is 19.1 Å². The van der Waals surface area contributed by atoms with Crippen LogP contribution in [0, 0.1) is 0 Å². The number of nitrogens with zero attached hydrogens (tertiary/aromatic N) is 2. The van der Waals surface area contributed by atoms with E-state index in [1.165, 1.54) is 0 Å². The summed E-state index contributed by atoms with van der Waals surface area (Å²) in [4.78, 5) is 8.75. The monoisotopic (exact) mass is 279 g/mol. The van der Waals surface area contributed by atoms with Crippen molar-refractivity contribution in [3.05, 3.63) is 66.0 Å². The summed E-state index contributed by atoms with van der Waals surface area (Å²) in [6, 6.07) is 13.4. The molecule has 3 aromatic rings. The summed E-state index contributed by atoms with van der Waals surface area (Å²) in [5.74, 6) is 0.813. The first kappa shape index (κ1) is 13.5. The highest BCUT2D eigenvalue weighted by molar-refractivity contribution is 5.78. The van der Waals surface area contributed by atoms with Gasteiger partial charge in [-0.25, -0.2) is 0 Å². The maximum absolute atomic E-state index is 6.47. The second-order valence-electron chi connectivity index (χ2n) is 4.72. The molecular weight excluding hydrogens is 262 g/mol. The van der Waals surface area contributed by atoms with Crippen LogP contribution in [-0.4, -0.2) is 16.6 Å². The van der Waals surface area contributed by atoms with Crippen molar-refractivity contribution in [3.8, 4) is 5.75 Å². The van der Waals surface area contributed by atoms with Gasteiger partial charge in [-0.2, -0.15) is 0 Å². The van der Waals surface area contributed by atoms with Crippen LogP contribution in [0.2, 0.25) is 0 Å². The van der Waals surface area contributed by atoms with Crippen LogP contribution in [0.5, 0.6) is 5.75 Å². The zero-order valence-electron chi connectivity index (χ0n) is 11.9. The van der Waals surface area contributed by atoms with Crippen molar-refractivity contribution in [2.24, 2.45) is 5.73 Å². The van der Waals surface area contributed by atoms with Crippen molar-refractivity contribution in [1.29, 1.82) is 0 Å². The summed E-state index contributed by atoms with van der Waals surface area (Å²) in [5, 5.41) is 0. The summed E-state index contributed by atoms with van der Waals surface area (Å²) in [6.07, 6.45) is 3.37. The molecule has 1 atom stereocenters. The predicted octanol–water partition coefficient (Wildman–Crippen LogP) is 3.08. The third-order valence-corrected chi connectivity index (χ3v) is 3.42. The highest BCUT2D eigenvalue weighted by Crippen LogP contribution is 2.30. The van der Waals surface area contributed by atoms with Crippen molar-refractivity contribution in [2.75, 3.05) is 6.61 Å². The maximum Gasteiger partial charge on any atom is 0.124 e. The van der Waals surface area contributed by atoms with Gasteiger partial charge in [0.25, 0.3) is 0 Å². The van der Waals surface area contributed by atoms with Gasteiger partial charge in [0.05, 0.1) is 23.7 Å². The van der Waals surface area contributed by atoms with Gasteiger partial charge in [0.2, 0.25) is 0 Å². The SMILES string of the molecule is CCOc1ccccc1C(N)c1cccc2nccnc12. The summed E-state index contributed by atoms with van der Waals surface area (Å²) < 4.78 is 5.68. The summed E-state index contributed by atoms with van der Waals surface area (Å²) >= 11 is 0. The van der Waals surface area contributed by atoms with Crippen LogP contribution < -0.4 is 10.5 Å². The minimum absolute atomic E-state index is 0.298. The molecule has 0 bridgehead atoms. The number of nitrogens with two attached hydrogens (primary N) is 1. The largest absolute Gasteiger partial charge is 0.494 e. The van der Waals surface area contributed by atoms with E-state index in [2.05, 4.69) is 9.97 Å². The van der Waals surface area contributed by atoms with E-state index in [0.29, 0.717) is 6.61 Å². The lowest BCUT2D eigenvalue weighted by molar-refractivity contribution is 0.335. The average molecular weight is 279 g/mol. The van der Waals surface area contributed by atoms with E-state index in [9.17, 15) is 0 Å². The van der Waals surface area contributed by atoms with E-state index in [1.54, 1.807) is 12.4 Å². The normalized spacial score (nSPS) is 12.3. The van der Waals surface area contributed by atoms with Gasteiger partial charge in [-0.1, -0.05) is 30.3 Å². The molecule has 1 aromatic heterocycles. The summed E-state index contributed by atoms with van der Waals surface area (Å²) in [7, 11) is 0. The molecule has 0 aliphatic carbocycles. The predicted molar refractivity (Wildman–Crippen MR) is 83.2 cm³/mol. The molecule has 0 aliphatic heterocycles. The van der Waals surface area contributed by atoms with Crippen LogP contribution in [0.15, 0.2) is 54.9 Å². The van der Waals surface area contributed by atoms with Gasteiger partial charge >= 0.3 is 0 Å². The first-order valence-corrected chi connectivity index (χ1v) is 6.98. The van der Waals surface area contributed by atoms with E-state index < -0.39 is 0 Å². The van der Waals surface area contributed by atoms with Gasteiger partial charge in [-0.3, -0.25) is 9.97 Å². The Morgan fingerprint density at radius 1 is 1.00 bits per heavy atom. The van der Waals surface area contributed by atoms with Crippen molar-refractivity contribution in [2.45, 2.75) is 13.0 Å². The van der Waals surface area contributed by atoms with Crippen LogP contribution in [0.1, 0.15) is 24.1 Å². The first-order valence-electron chi connectivity index (χ1n) is 6.98. The van der Waals surface area contributed by atoms with E-state index in [-0.39, 0.29) is 6.04 Å². The molecule has 4 nitrogen and oxygen atoms in total. The van der Waals surface area contributed by atoms with Crippen molar-refractivity contribution in [3.63, 3.8) is 0 Å². The smallest absolute Gasteiger partial charge is 0.124 e. The molecule has 1 heterocycles. The minimum atomic E-state index is -0.298. The number of fused-ring (bicyclic) bond motifs is 1. The van der Waals surface area contributed by atoms with Crippen LogP contribution in [0.3, 0.4) is 0 Å². The van der Waals surface area contributed by atoms with Crippen LogP contribution in [-0.2, 0) is 0 Å². The fourth-order valence-electron chi connectivity index (χ4n) is 2.46. The number of hydrogen-bond donors (Lipinski definition) is 1. The standard InChI is InChI=1S/C17H17N3O/c1-2-21-15-9-4-3-6-12(15)16(18)13-7-5-8-14-17(13)20-11-10-19-14/h3-11,16H,2,18H2,1H3. The van der Waals surface area contributed by atoms with Crippen molar-refractivity contribution < 1.29 is 4.74 Å². The third-order valence-electron chi connectivity index (χ3n) is 3.42. The number of hydrogen-bond acceptors (Lipinski definition) is 4. The summed E-state index contributed by atoms with van der Waals surface area (Å²) in [5.41, 5.74) is 10.1. The lowest BCUT2D eigenvalue weighted by Crippen LogP contribution is -2.14. The number of aromatic nitrogens is 2. The van der Waals surface area contributed by atoms with E-state index in [0.717, 1.165) is 27.9 Å². The Kier molecular flexibility index (Phi) is 3.79. The molecule has 0 fully saturated rings. The Hall–Kier alpha value is -2.46. The van der Waals surface area contributed by atoms with E-state index >= 15 is 0 Å². The fourth-order valence-corrected chi connectivity index (χ4v) is 2.46. The zero-order valence-corrected chi connectivity index (χ0v) is 11.9. The Bertz CT molecular complexity index is 752. The Labute approximate surface area is 123 Å². The van der Waals surface area contributed by atoms with Crippen molar-refractivity contribution >= 4 is 11.0 Å². The molecule has 0 saturated carbocycles. The molecule has 0 aliphatic rings. The Morgan fingerprint density at radius 2 is 1.76 bits per heavy atom. The van der Waals surface area contributed by atoms with E-state index in [4.69, 9.17) is 10.5 Å². The molecule has 2 aromatic carbocycles. The molecule has 106 valence electrons. The van der Waals surface area contributed by atoms with E-state index in [1.807, 2.05) is 49.4 Å². The highest BCUT2D eigenvalue weighted by atomic mass is 16.5. The molecule has 0 spiro atoms. The Balaban J connectivity index is 2.11. The number of ether oxygens (including phenoxy) is 1. The van der Waals surface area contributed by atoms with Gasteiger partial charge < -0.3 is 10.5 Å². The number of benzene rings is 2. The number of para-hydroxylation sites is 2. The summed E-state index contributed by atoms with van der Waals surface area (Å²) in [6.45, 7) is 2.57. The minimum Gasteiger partial charge on any atom is -0.494 e. The molecule has 1 unspecified atom stereocenters. The van der Waals surface area contributed by atoms with Crippen LogP contribution in [0.25, 0.3) is 11.0 Å². The van der Waals surface area contributed by atoms with Crippen LogP contribution in [0.4, 0.5) is 0 Å². The topological polar surface area (TPSA) is 61.0 Å². The van der Waals surface area contributed by atoms with Gasteiger partial charge in [0, 0.05) is 23.5 Å². The van der Waals surface area contributed by atoms with Gasteiger partial charge in [0.1, 0.15) is 5.75 Å². The maximum atomic E-state index is 6.47. The quantitative estimate of drug-likeness (QED) is 0.797. The Morgan fingerprint density at radius 3 is 2.62 bits per heavy atom. The second kappa shape index (κ2) is 5.89. The molecule has 3 rings (SSSR count). The zero-order chi connectivity index (χ0) is 14.7. The fraction of sp³-hybridized carbons (Fsp3) is 0.176. The molecular formula is C17H17N3O. The lowest BCUT2D eigenvalue weighted by atomic mass is 9.97. The number of rotatable bonds is 4. The van der Waals surface area contributed by atoms with Gasteiger partial charge in [-0.15, -0.1) is 0 Å². The highest BCUT2D eigenvalue weighted by Gasteiger charge is 2.17. The molecule has 21 heavy (non-hydrogen) atoms. The van der Waals surface area contributed by atoms with Gasteiger partial charge in [0.15, 0.2) is 0 Å². The molecule has 0 saturated heterocycles. The molecule has 2 N–H and O–H groups in total. The first-order chi connectivity index (χ1) is 10.3. The molecule has 4 heteroatoms. The average Bonchev–Trinajstić information content (AvgIpc) is 2.54.